The van der Waals surface area contributed by atoms with Gasteiger partial charge >= 0.3 is 0 Å². The Morgan fingerprint density at radius 3 is 2.36 bits per heavy atom. The second kappa shape index (κ2) is 11.7. The van der Waals surface area contributed by atoms with E-state index in [2.05, 4.69) is 51.8 Å². The van der Waals surface area contributed by atoms with Gasteiger partial charge in [-0.1, -0.05) is 42.5 Å². The summed E-state index contributed by atoms with van der Waals surface area (Å²) in [7, 11) is 1.77. The molecule has 0 fully saturated rings. The van der Waals surface area contributed by atoms with Crippen molar-refractivity contribution in [1.82, 2.24) is 15.6 Å². The van der Waals surface area contributed by atoms with E-state index in [0.717, 1.165) is 27.8 Å². The van der Waals surface area contributed by atoms with Crippen molar-refractivity contribution >= 4 is 41.3 Å². The van der Waals surface area contributed by atoms with Gasteiger partial charge in [-0.2, -0.15) is 0 Å². The molecule has 2 aromatic carbocycles. The molecule has 0 amide bonds. The van der Waals surface area contributed by atoms with E-state index in [1.165, 1.54) is 4.88 Å². The third-order valence-corrected chi connectivity index (χ3v) is 4.84. The summed E-state index contributed by atoms with van der Waals surface area (Å²) in [6, 6.07) is 18.3. The van der Waals surface area contributed by atoms with Crippen molar-refractivity contribution in [2.24, 2.45) is 4.99 Å². The van der Waals surface area contributed by atoms with Crippen molar-refractivity contribution in [2.45, 2.75) is 26.6 Å². The molecule has 0 aliphatic heterocycles. The molecule has 0 aliphatic rings. The molecule has 0 atom stereocenters. The molecule has 5 nitrogen and oxygen atoms in total. The van der Waals surface area contributed by atoms with Gasteiger partial charge in [-0.3, -0.25) is 4.99 Å². The van der Waals surface area contributed by atoms with Crippen LogP contribution >= 0.6 is 35.3 Å². The van der Waals surface area contributed by atoms with E-state index >= 15 is 0 Å². The van der Waals surface area contributed by atoms with Crippen LogP contribution in [0.2, 0.25) is 0 Å². The van der Waals surface area contributed by atoms with Crippen molar-refractivity contribution in [3.63, 3.8) is 0 Å². The minimum atomic E-state index is 0. The van der Waals surface area contributed by atoms with Crippen LogP contribution in [0.1, 0.15) is 21.0 Å². The maximum Gasteiger partial charge on any atom is 0.191 e. The van der Waals surface area contributed by atoms with Crippen LogP contribution in [0.25, 0.3) is 0 Å². The van der Waals surface area contributed by atoms with Gasteiger partial charge in [-0.05, 0) is 30.2 Å². The van der Waals surface area contributed by atoms with Crippen LogP contribution in [0.15, 0.2) is 65.8 Å². The molecule has 148 valence electrons. The Morgan fingerprint density at radius 2 is 1.71 bits per heavy atom. The Morgan fingerprint density at radius 1 is 1.00 bits per heavy atom. The Hall–Kier alpha value is -2.13. The molecule has 7 heteroatoms. The van der Waals surface area contributed by atoms with Crippen molar-refractivity contribution in [1.29, 1.82) is 0 Å². The molecule has 3 aromatic rings. The third-order valence-electron chi connectivity index (χ3n) is 3.93. The van der Waals surface area contributed by atoms with Gasteiger partial charge in [0.15, 0.2) is 5.96 Å². The van der Waals surface area contributed by atoms with Gasteiger partial charge in [0.25, 0.3) is 0 Å². The molecule has 3 rings (SSSR count). The van der Waals surface area contributed by atoms with E-state index in [9.17, 15) is 0 Å². The first-order valence-electron chi connectivity index (χ1n) is 8.84. The topological polar surface area (TPSA) is 58.5 Å². The predicted octanol–water partition coefficient (Wildman–Crippen LogP) is 4.51. The van der Waals surface area contributed by atoms with Gasteiger partial charge in [-0.25, -0.2) is 4.98 Å². The van der Waals surface area contributed by atoms with Gasteiger partial charge in [0.05, 0.1) is 6.54 Å². The fourth-order valence-corrected chi connectivity index (χ4v) is 3.22. The first-order chi connectivity index (χ1) is 13.2. The molecule has 0 saturated heterocycles. The van der Waals surface area contributed by atoms with E-state index in [4.69, 9.17) is 4.74 Å². The normalized spacial score (nSPS) is 10.9. The Bertz CT molecular complexity index is 866. The number of aromatic nitrogens is 1. The number of rotatable bonds is 7. The van der Waals surface area contributed by atoms with Crippen molar-refractivity contribution in [3.8, 4) is 5.75 Å². The highest BCUT2D eigenvalue weighted by atomic mass is 127. The molecule has 28 heavy (non-hydrogen) atoms. The standard InChI is InChI=1S/C21H24N4OS.HI/c1-16-12-23-20(27-16)14-25-21(22-2)24-13-17-8-10-19(11-9-17)26-15-18-6-4-3-5-7-18;/h3-12H,13-15H2,1-2H3,(H2,22,24,25);1H. The molecule has 0 spiro atoms. The monoisotopic (exact) mass is 508 g/mol. The number of nitrogens with zero attached hydrogens (tertiary/aromatic N) is 2. The quantitative estimate of drug-likeness (QED) is 0.280. The summed E-state index contributed by atoms with van der Waals surface area (Å²) in [5.74, 6) is 1.62. The smallest absolute Gasteiger partial charge is 0.191 e. The highest BCUT2D eigenvalue weighted by Crippen LogP contribution is 2.14. The molecule has 0 saturated carbocycles. The lowest BCUT2D eigenvalue weighted by molar-refractivity contribution is 0.306. The summed E-state index contributed by atoms with van der Waals surface area (Å²) in [5, 5.41) is 7.65. The maximum atomic E-state index is 5.82. The number of halogens is 1. The Balaban J connectivity index is 0.00000280. The zero-order valence-electron chi connectivity index (χ0n) is 16.0. The zero-order valence-corrected chi connectivity index (χ0v) is 19.2. The zero-order chi connectivity index (χ0) is 18.9. The first-order valence-corrected chi connectivity index (χ1v) is 9.66. The minimum Gasteiger partial charge on any atom is -0.489 e. The first kappa shape index (κ1) is 22.2. The lowest BCUT2D eigenvalue weighted by atomic mass is 10.2. The Labute approximate surface area is 187 Å². The summed E-state index contributed by atoms with van der Waals surface area (Å²) in [5.41, 5.74) is 2.32. The highest BCUT2D eigenvalue weighted by molar-refractivity contribution is 14.0. The second-order valence-corrected chi connectivity index (χ2v) is 7.38. The van der Waals surface area contributed by atoms with Crippen molar-refractivity contribution in [3.05, 3.63) is 81.8 Å². The largest absolute Gasteiger partial charge is 0.489 e. The lowest BCUT2D eigenvalue weighted by Gasteiger charge is -2.11. The number of nitrogens with one attached hydrogen (secondary N) is 2. The van der Waals surface area contributed by atoms with Crippen LogP contribution in [0.5, 0.6) is 5.75 Å². The number of hydrogen-bond acceptors (Lipinski definition) is 4. The second-order valence-electron chi connectivity index (χ2n) is 6.06. The summed E-state index contributed by atoms with van der Waals surface area (Å²) >= 11 is 1.69. The van der Waals surface area contributed by atoms with Crippen LogP contribution in [0.3, 0.4) is 0 Å². The molecule has 0 unspecified atom stereocenters. The average molecular weight is 508 g/mol. The molecular formula is C21H25IN4OS. The minimum absolute atomic E-state index is 0. The predicted molar refractivity (Wildman–Crippen MR) is 127 cm³/mol. The fourth-order valence-electron chi connectivity index (χ4n) is 2.49. The van der Waals surface area contributed by atoms with Crippen molar-refractivity contribution in [2.75, 3.05) is 7.05 Å². The number of hydrogen-bond donors (Lipinski definition) is 2. The maximum absolute atomic E-state index is 5.82. The molecule has 2 N–H and O–H groups in total. The molecule has 0 bridgehead atoms. The molecule has 1 aromatic heterocycles. The van der Waals surface area contributed by atoms with Gasteiger partial charge in [-0.15, -0.1) is 35.3 Å². The highest BCUT2D eigenvalue weighted by Gasteiger charge is 2.02. The number of aliphatic imine (C=N–C) groups is 1. The van der Waals surface area contributed by atoms with Gasteiger partial charge in [0.2, 0.25) is 0 Å². The van der Waals surface area contributed by atoms with Crippen LogP contribution in [-0.2, 0) is 19.7 Å². The summed E-state index contributed by atoms with van der Waals surface area (Å²) in [4.78, 5) is 9.81. The average Bonchev–Trinajstić information content (AvgIpc) is 3.13. The van der Waals surface area contributed by atoms with E-state index in [-0.39, 0.29) is 24.0 Å². The van der Waals surface area contributed by atoms with Gasteiger partial charge in [0, 0.05) is 24.7 Å². The number of thiazole rings is 1. The van der Waals surface area contributed by atoms with E-state index in [0.29, 0.717) is 19.7 Å². The van der Waals surface area contributed by atoms with Crippen LogP contribution in [0.4, 0.5) is 0 Å². The summed E-state index contributed by atoms with van der Waals surface area (Å²) < 4.78 is 5.82. The van der Waals surface area contributed by atoms with E-state index in [1.54, 1.807) is 18.4 Å². The third kappa shape index (κ3) is 7.12. The Kier molecular flexibility index (Phi) is 9.22. The fraction of sp³-hybridized carbons (Fsp3) is 0.238. The molecule has 0 aliphatic carbocycles. The SMILES string of the molecule is CN=C(NCc1ccc(OCc2ccccc2)cc1)NCc1ncc(C)s1.I. The number of guanidine groups is 1. The number of benzene rings is 2. The van der Waals surface area contributed by atoms with E-state index in [1.807, 2.05) is 36.5 Å². The van der Waals surface area contributed by atoms with Gasteiger partial charge < -0.3 is 15.4 Å². The summed E-state index contributed by atoms with van der Waals surface area (Å²) in [6.07, 6.45) is 1.89. The van der Waals surface area contributed by atoms with Crippen molar-refractivity contribution < 1.29 is 4.74 Å². The lowest BCUT2D eigenvalue weighted by Crippen LogP contribution is -2.36. The molecule has 0 radical (unpaired) electrons. The van der Waals surface area contributed by atoms with Crippen LogP contribution in [-0.4, -0.2) is 18.0 Å². The van der Waals surface area contributed by atoms with Crippen LogP contribution in [0, 0.1) is 6.92 Å². The summed E-state index contributed by atoms with van der Waals surface area (Å²) in [6.45, 7) is 3.99. The van der Waals surface area contributed by atoms with E-state index < -0.39 is 0 Å². The number of aryl methyl sites for hydroxylation is 1. The number of ether oxygens (including phenoxy) is 1. The van der Waals surface area contributed by atoms with Gasteiger partial charge in [0.1, 0.15) is 17.4 Å². The molecule has 1 heterocycles. The van der Waals surface area contributed by atoms with Crippen LogP contribution < -0.4 is 15.4 Å². The molecular weight excluding hydrogens is 483 g/mol.